The summed E-state index contributed by atoms with van der Waals surface area (Å²) in [5.41, 5.74) is 3.33. The van der Waals surface area contributed by atoms with Crippen LogP contribution in [0.1, 0.15) is 5.56 Å². The lowest BCUT2D eigenvalue weighted by molar-refractivity contribution is 0.294. The Morgan fingerprint density at radius 1 is 1.36 bits per heavy atom. The van der Waals surface area contributed by atoms with Crippen LogP contribution in [0.3, 0.4) is 0 Å². The highest BCUT2D eigenvalue weighted by Gasteiger charge is 2.21. The van der Waals surface area contributed by atoms with Crippen molar-refractivity contribution in [1.82, 2.24) is 0 Å². The molecule has 72 valence electrons. The molecule has 3 nitrogen and oxygen atoms in total. The van der Waals surface area contributed by atoms with Crippen LogP contribution >= 0.6 is 0 Å². The smallest absolute Gasteiger partial charge is 0.135 e. The van der Waals surface area contributed by atoms with Crippen molar-refractivity contribution in [2.75, 3.05) is 18.2 Å². The van der Waals surface area contributed by atoms with Crippen LogP contribution in [0, 0.1) is 0 Å². The zero-order valence-corrected chi connectivity index (χ0v) is 7.73. The van der Waals surface area contributed by atoms with Gasteiger partial charge in [0.2, 0.25) is 0 Å². The molecule has 3 rings (SSSR count). The van der Waals surface area contributed by atoms with E-state index in [1.165, 1.54) is 5.56 Å². The van der Waals surface area contributed by atoms with Crippen molar-refractivity contribution >= 4 is 16.7 Å². The molecule has 0 unspecified atom stereocenters. The van der Waals surface area contributed by atoms with Crippen LogP contribution in [0.25, 0.3) is 11.0 Å². The van der Waals surface area contributed by atoms with Gasteiger partial charge in [-0.25, -0.2) is 0 Å². The van der Waals surface area contributed by atoms with Crippen LogP contribution < -0.4 is 4.90 Å². The quantitative estimate of drug-likeness (QED) is 0.742. The zero-order valence-electron chi connectivity index (χ0n) is 7.73. The number of aliphatic hydroxyl groups excluding tert-OH is 1. The fourth-order valence-corrected chi connectivity index (χ4v) is 2.16. The highest BCUT2D eigenvalue weighted by molar-refractivity contribution is 5.94. The van der Waals surface area contributed by atoms with E-state index in [9.17, 15) is 5.11 Å². The summed E-state index contributed by atoms with van der Waals surface area (Å²) in [5, 5.41) is 10.3. The minimum Gasteiger partial charge on any atom is -0.464 e. The molecule has 1 N–H and O–H groups in total. The van der Waals surface area contributed by atoms with E-state index in [1.54, 1.807) is 6.26 Å². The minimum absolute atomic E-state index is 0.0806. The van der Waals surface area contributed by atoms with Gasteiger partial charge in [-0.3, -0.25) is 0 Å². The van der Waals surface area contributed by atoms with Gasteiger partial charge in [-0.2, -0.15) is 0 Å². The van der Waals surface area contributed by atoms with Gasteiger partial charge < -0.3 is 14.4 Å². The molecule has 1 aromatic carbocycles. The molecule has 3 heteroatoms. The zero-order chi connectivity index (χ0) is 9.54. The molecule has 14 heavy (non-hydrogen) atoms. The molecule has 1 aliphatic rings. The largest absolute Gasteiger partial charge is 0.464 e. The summed E-state index contributed by atoms with van der Waals surface area (Å²) in [7, 11) is 0. The SMILES string of the molecule is OCN1CCc2ccc3occc3c21. The van der Waals surface area contributed by atoms with Crippen LogP contribution in [-0.4, -0.2) is 18.4 Å². The number of hydrogen-bond acceptors (Lipinski definition) is 3. The second kappa shape index (κ2) is 2.75. The summed E-state index contributed by atoms with van der Waals surface area (Å²) >= 11 is 0. The predicted molar refractivity (Wildman–Crippen MR) is 54.3 cm³/mol. The molecule has 0 atom stereocenters. The Labute approximate surface area is 81.6 Å². The first-order valence-corrected chi connectivity index (χ1v) is 4.75. The monoisotopic (exact) mass is 189 g/mol. The maximum absolute atomic E-state index is 9.21. The predicted octanol–water partition coefficient (Wildman–Crippen LogP) is 1.75. The molecule has 1 aromatic heterocycles. The molecule has 2 heterocycles. The molecule has 0 radical (unpaired) electrons. The van der Waals surface area contributed by atoms with Crippen molar-refractivity contribution in [3.63, 3.8) is 0 Å². The Kier molecular flexibility index (Phi) is 1.55. The van der Waals surface area contributed by atoms with Crippen molar-refractivity contribution in [2.24, 2.45) is 0 Å². The van der Waals surface area contributed by atoms with E-state index >= 15 is 0 Å². The first-order valence-electron chi connectivity index (χ1n) is 4.75. The molecule has 2 aromatic rings. The summed E-state index contributed by atoms with van der Waals surface area (Å²) in [5.74, 6) is 0. The summed E-state index contributed by atoms with van der Waals surface area (Å²) < 4.78 is 5.33. The Morgan fingerprint density at radius 2 is 2.29 bits per heavy atom. The number of rotatable bonds is 1. The van der Waals surface area contributed by atoms with E-state index in [4.69, 9.17) is 4.42 Å². The molecular formula is C11H11NO2. The van der Waals surface area contributed by atoms with Gasteiger partial charge in [0.1, 0.15) is 12.3 Å². The second-order valence-electron chi connectivity index (χ2n) is 3.56. The number of fused-ring (bicyclic) bond motifs is 3. The Bertz CT molecular complexity index is 475. The summed E-state index contributed by atoms with van der Waals surface area (Å²) in [6.45, 7) is 0.980. The van der Waals surface area contributed by atoms with Gasteiger partial charge in [-0.15, -0.1) is 0 Å². The van der Waals surface area contributed by atoms with E-state index in [0.29, 0.717) is 0 Å². The number of anilines is 1. The topological polar surface area (TPSA) is 36.6 Å². The Balaban J connectivity index is 2.32. The maximum atomic E-state index is 9.21. The van der Waals surface area contributed by atoms with Gasteiger partial charge in [0.15, 0.2) is 0 Å². The number of benzene rings is 1. The van der Waals surface area contributed by atoms with Crippen molar-refractivity contribution in [1.29, 1.82) is 0 Å². The third-order valence-electron chi connectivity index (χ3n) is 2.83. The van der Waals surface area contributed by atoms with Crippen LogP contribution in [0.5, 0.6) is 0 Å². The Hall–Kier alpha value is -1.48. The number of nitrogens with zero attached hydrogens (tertiary/aromatic N) is 1. The van der Waals surface area contributed by atoms with Crippen LogP contribution in [0.15, 0.2) is 28.9 Å². The standard InChI is InChI=1S/C11H11NO2/c13-7-12-5-3-8-1-2-10-9(11(8)12)4-6-14-10/h1-2,4,6,13H,3,5,7H2. The van der Waals surface area contributed by atoms with Gasteiger partial charge in [0.05, 0.1) is 12.0 Å². The highest BCUT2D eigenvalue weighted by atomic mass is 16.3. The fraction of sp³-hybridized carbons (Fsp3) is 0.273. The van der Waals surface area contributed by atoms with Gasteiger partial charge in [0, 0.05) is 11.9 Å². The summed E-state index contributed by atoms with van der Waals surface area (Å²) in [4.78, 5) is 1.98. The fourth-order valence-electron chi connectivity index (χ4n) is 2.16. The van der Waals surface area contributed by atoms with E-state index in [1.807, 2.05) is 17.0 Å². The molecule has 0 aliphatic carbocycles. The molecule has 0 fully saturated rings. The lowest BCUT2D eigenvalue weighted by Crippen LogP contribution is -2.21. The second-order valence-corrected chi connectivity index (χ2v) is 3.56. The third kappa shape index (κ3) is 0.902. The third-order valence-corrected chi connectivity index (χ3v) is 2.83. The Morgan fingerprint density at radius 3 is 3.14 bits per heavy atom. The lowest BCUT2D eigenvalue weighted by atomic mass is 10.1. The van der Waals surface area contributed by atoms with Crippen LogP contribution in [0.2, 0.25) is 0 Å². The molecule has 0 spiro atoms. The molecule has 0 saturated heterocycles. The van der Waals surface area contributed by atoms with E-state index in [-0.39, 0.29) is 6.73 Å². The normalized spacial score (nSPS) is 15.1. The first kappa shape index (κ1) is 7.88. The van der Waals surface area contributed by atoms with Gasteiger partial charge in [0.25, 0.3) is 0 Å². The van der Waals surface area contributed by atoms with Gasteiger partial charge in [-0.05, 0) is 24.1 Å². The van der Waals surface area contributed by atoms with Crippen LogP contribution in [-0.2, 0) is 6.42 Å². The van der Waals surface area contributed by atoms with E-state index in [2.05, 4.69) is 6.07 Å². The maximum Gasteiger partial charge on any atom is 0.135 e. The van der Waals surface area contributed by atoms with E-state index < -0.39 is 0 Å². The molecule has 0 saturated carbocycles. The summed E-state index contributed by atoms with van der Waals surface area (Å²) in [6.07, 6.45) is 2.70. The summed E-state index contributed by atoms with van der Waals surface area (Å²) in [6, 6.07) is 6.04. The van der Waals surface area contributed by atoms with Gasteiger partial charge >= 0.3 is 0 Å². The number of hydrogen-bond donors (Lipinski definition) is 1. The van der Waals surface area contributed by atoms with Crippen molar-refractivity contribution in [2.45, 2.75) is 6.42 Å². The number of aliphatic hydroxyl groups is 1. The van der Waals surface area contributed by atoms with Crippen LogP contribution in [0.4, 0.5) is 5.69 Å². The average molecular weight is 189 g/mol. The van der Waals surface area contributed by atoms with Gasteiger partial charge in [-0.1, -0.05) is 6.07 Å². The molecule has 0 amide bonds. The van der Waals surface area contributed by atoms with Crippen molar-refractivity contribution < 1.29 is 9.52 Å². The van der Waals surface area contributed by atoms with E-state index in [0.717, 1.165) is 29.6 Å². The average Bonchev–Trinajstić information content (AvgIpc) is 2.82. The number of furan rings is 1. The highest BCUT2D eigenvalue weighted by Crippen LogP contribution is 2.35. The molecule has 0 bridgehead atoms. The van der Waals surface area contributed by atoms with Crippen molar-refractivity contribution in [3.05, 3.63) is 30.0 Å². The molecule has 1 aliphatic heterocycles. The minimum atomic E-state index is 0.0806. The first-order chi connectivity index (χ1) is 6.90. The molecular weight excluding hydrogens is 178 g/mol. The van der Waals surface area contributed by atoms with Crippen molar-refractivity contribution in [3.8, 4) is 0 Å². The lowest BCUT2D eigenvalue weighted by Gasteiger charge is -2.15.